The van der Waals surface area contributed by atoms with E-state index in [2.05, 4.69) is 0 Å². The lowest BCUT2D eigenvalue weighted by atomic mass is 9.92. The minimum atomic E-state index is -0.404. The fourth-order valence-electron chi connectivity index (χ4n) is 2.12. The van der Waals surface area contributed by atoms with E-state index in [0.29, 0.717) is 19.8 Å². The van der Waals surface area contributed by atoms with E-state index >= 15 is 0 Å². The fourth-order valence-corrected chi connectivity index (χ4v) is 2.12. The predicted octanol–water partition coefficient (Wildman–Crippen LogP) is 2.27. The number of fused-ring (bicyclic) bond motifs is 1. The Hall–Kier alpha value is -1.26. The molecule has 4 nitrogen and oxygen atoms in total. The molecule has 0 radical (unpaired) electrons. The van der Waals surface area contributed by atoms with Crippen LogP contribution >= 0.6 is 0 Å². The zero-order chi connectivity index (χ0) is 13.2. The lowest BCUT2D eigenvalue weighted by molar-refractivity contribution is -0.0298. The quantitative estimate of drug-likeness (QED) is 0.892. The second kappa shape index (κ2) is 5.16. The van der Waals surface area contributed by atoms with Gasteiger partial charge in [-0.25, -0.2) is 0 Å². The van der Waals surface area contributed by atoms with Crippen LogP contribution in [0.3, 0.4) is 0 Å². The highest BCUT2D eigenvalue weighted by molar-refractivity contribution is 5.45. The smallest absolute Gasteiger partial charge is 0.161 e. The number of rotatable bonds is 4. The molecule has 0 aliphatic carbocycles. The minimum Gasteiger partial charge on any atom is -0.486 e. The average Bonchev–Trinajstić information content (AvgIpc) is 2.37. The van der Waals surface area contributed by atoms with Crippen molar-refractivity contribution >= 4 is 0 Å². The second-order valence-corrected chi connectivity index (χ2v) is 4.92. The molecule has 0 aromatic heterocycles. The van der Waals surface area contributed by atoms with Gasteiger partial charge < -0.3 is 19.9 Å². The van der Waals surface area contributed by atoms with Crippen LogP contribution in [0.2, 0.25) is 0 Å². The summed E-state index contributed by atoms with van der Waals surface area (Å²) in [5.41, 5.74) is 6.86. The molecule has 0 amide bonds. The summed E-state index contributed by atoms with van der Waals surface area (Å²) in [5.74, 6) is 1.55. The van der Waals surface area contributed by atoms with Gasteiger partial charge in [-0.3, -0.25) is 0 Å². The van der Waals surface area contributed by atoms with Gasteiger partial charge in [0, 0.05) is 6.61 Å². The molecule has 100 valence electrons. The molecule has 1 atom stereocenters. The highest BCUT2D eigenvalue weighted by Crippen LogP contribution is 2.35. The molecule has 1 aromatic rings. The molecule has 1 aliphatic rings. The van der Waals surface area contributed by atoms with Crippen molar-refractivity contribution in [3.8, 4) is 11.5 Å². The maximum Gasteiger partial charge on any atom is 0.161 e. The monoisotopic (exact) mass is 251 g/mol. The number of hydrogen-bond donors (Lipinski definition) is 1. The lowest BCUT2D eigenvalue weighted by Gasteiger charge is -2.32. The van der Waals surface area contributed by atoms with Gasteiger partial charge in [-0.2, -0.15) is 0 Å². The van der Waals surface area contributed by atoms with Crippen LogP contribution in [0.4, 0.5) is 0 Å². The van der Waals surface area contributed by atoms with Crippen LogP contribution in [0.1, 0.15) is 32.4 Å². The summed E-state index contributed by atoms with van der Waals surface area (Å²) in [6, 6.07) is 5.62. The normalized spacial score (nSPS) is 16.4. The van der Waals surface area contributed by atoms with Crippen LogP contribution in [-0.2, 0) is 4.74 Å². The molecule has 0 spiro atoms. The first-order chi connectivity index (χ1) is 8.54. The third-order valence-corrected chi connectivity index (χ3v) is 3.19. The third-order valence-electron chi connectivity index (χ3n) is 3.19. The fraction of sp³-hybridized carbons (Fsp3) is 0.571. The predicted molar refractivity (Wildman–Crippen MR) is 70.1 cm³/mol. The Labute approximate surface area is 108 Å². The van der Waals surface area contributed by atoms with Crippen molar-refractivity contribution in [1.29, 1.82) is 0 Å². The van der Waals surface area contributed by atoms with Crippen molar-refractivity contribution in [3.05, 3.63) is 23.8 Å². The third kappa shape index (κ3) is 2.60. The summed E-state index contributed by atoms with van der Waals surface area (Å²) >= 11 is 0. The van der Waals surface area contributed by atoms with Gasteiger partial charge >= 0.3 is 0 Å². The standard InChI is InChI=1S/C14H21NO3/c1-4-18-14(2,3)13(15)10-5-6-11-12(9-10)17-8-7-16-11/h5-6,9,13H,4,7-8,15H2,1-3H3. The molecule has 2 N–H and O–H groups in total. The minimum absolute atomic E-state index is 0.201. The Kier molecular flexibility index (Phi) is 3.78. The number of ether oxygens (including phenoxy) is 3. The Morgan fingerprint density at radius 3 is 2.61 bits per heavy atom. The number of nitrogens with two attached hydrogens (primary N) is 1. The van der Waals surface area contributed by atoms with E-state index in [-0.39, 0.29) is 6.04 Å². The van der Waals surface area contributed by atoms with Crippen molar-refractivity contribution in [3.63, 3.8) is 0 Å². The molecule has 0 saturated carbocycles. The van der Waals surface area contributed by atoms with E-state index in [0.717, 1.165) is 17.1 Å². The maximum atomic E-state index is 6.27. The molecule has 1 heterocycles. The van der Waals surface area contributed by atoms with Crippen LogP contribution in [0.15, 0.2) is 18.2 Å². The van der Waals surface area contributed by atoms with Gasteiger partial charge in [0.15, 0.2) is 11.5 Å². The average molecular weight is 251 g/mol. The summed E-state index contributed by atoms with van der Waals surface area (Å²) < 4.78 is 16.8. The summed E-state index contributed by atoms with van der Waals surface area (Å²) in [4.78, 5) is 0. The van der Waals surface area contributed by atoms with Crippen LogP contribution in [-0.4, -0.2) is 25.4 Å². The van der Waals surface area contributed by atoms with Crippen LogP contribution in [0.25, 0.3) is 0 Å². The Balaban J connectivity index is 2.23. The first-order valence-electron chi connectivity index (χ1n) is 6.33. The summed E-state index contributed by atoms with van der Waals surface area (Å²) in [6.45, 7) is 7.79. The van der Waals surface area contributed by atoms with E-state index in [1.54, 1.807) is 0 Å². The zero-order valence-corrected chi connectivity index (χ0v) is 11.2. The van der Waals surface area contributed by atoms with Gasteiger partial charge in [-0.05, 0) is 38.5 Å². The molecule has 0 saturated heterocycles. The second-order valence-electron chi connectivity index (χ2n) is 4.92. The van der Waals surface area contributed by atoms with E-state index in [1.165, 1.54) is 0 Å². The van der Waals surface area contributed by atoms with Gasteiger partial charge in [0.05, 0.1) is 11.6 Å². The van der Waals surface area contributed by atoms with Crippen molar-refractivity contribution in [1.82, 2.24) is 0 Å². The molecule has 0 bridgehead atoms. The number of hydrogen-bond acceptors (Lipinski definition) is 4. The largest absolute Gasteiger partial charge is 0.486 e. The molecule has 0 fully saturated rings. The van der Waals surface area contributed by atoms with Crippen LogP contribution in [0, 0.1) is 0 Å². The topological polar surface area (TPSA) is 53.7 Å². The summed E-state index contributed by atoms with van der Waals surface area (Å²) in [7, 11) is 0. The van der Waals surface area contributed by atoms with Crippen molar-refractivity contribution < 1.29 is 14.2 Å². The van der Waals surface area contributed by atoms with E-state index in [1.807, 2.05) is 39.0 Å². The first kappa shape index (κ1) is 13.2. The first-order valence-corrected chi connectivity index (χ1v) is 6.33. The molecular weight excluding hydrogens is 230 g/mol. The number of benzene rings is 1. The molecular formula is C14H21NO3. The summed E-state index contributed by atoms with van der Waals surface area (Å²) in [5, 5.41) is 0. The van der Waals surface area contributed by atoms with E-state index in [9.17, 15) is 0 Å². The lowest BCUT2D eigenvalue weighted by Crippen LogP contribution is -2.38. The van der Waals surface area contributed by atoms with Crippen molar-refractivity contribution in [2.45, 2.75) is 32.4 Å². The van der Waals surface area contributed by atoms with Gasteiger partial charge in [0.1, 0.15) is 13.2 Å². The SMILES string of the molecule is CCOC(C)(C)C(N)c1ccc2c(c1)OCCO2. The molecule has 4 heteroatoms. The molecule has 18 heavy (non-hydrogen) atoms. The Morgan fingerprint density at radius 1 is 1.28 bits per heavy atom. The Bertz CT molecular complexity index is 418. The molecule has 2 rings (SSSR count). The van der Waals surface area contributed by atoms with Gasteiger partial charge in [-0.1, -0.05) is 6.07 Å². The summed E-state index contributed by atoms with van der Waals surface area (Å²) in [6.07, 6.45) is 0. The molecule has 1 aliphatic heterocycles. The van der Waals surface area contributed by atoms with Crippen LogP contribution < -0.4 is 15.2 Å². The van der Waals surface area contributed by atoms with E-state index < -0.39 is 5.60 Å². The highest BCUT2D eigenvalue weighted by Gasteiger charge is 2.29. The maximum absolute atomic E-state index is 6.27. The van der Waals surface area contributed by atoms with Crippen molar-refractivity contribution in [2.24, 2.45) is 5.73 Å². The zero-order valence-electron chi connectivity index (χ0n) is 11.2. The van der Waals surface area contributed by atoms with Crippen molar-refractivity contribution in [2.75, 3.05) is 19.8 Å². The van der Waals surface area contributed by atoms with Gasteiger partial charge in [0.25, 0.3) is 0 Å². The van der Waals surface area contributed by atoms with Crippen LogP contribution in [0.5, 0.6) is 11.5 Å². The van der Waals surface area contributed by atoms with Gasteiger partial charge in [-0.15, -0.1) is 0 Å². The Morgan fingerprint density at radius 2 is 1.94 bits per heavy atom. The molecule has 1 unspecified atom stereocenters. The van der Waals surface area contributed by atoms with E-state index in [4.69, 9.17) is 19.9 Å². The molecule has 1 aromatic carbocycles. The highest BCUT2D eigenvalue weighted by atomic mass is 16.6. The van der Waals surface area contributed by atoms with Gasteiger partial charge in [0.2, 0.25) is 0 Å².